The normalized spacial score (nSPS) is 13.7. The predicted molar refractivity (Wildman–Crippen MR) is 173 cm³/mol. The Morgan fingerprint density at radius 2 is 1.63 bits per heavy atom. The van der Waals surface area contributed by atoms with Gasteiger partial charge in [0.2, 0.25) is 0 Å². The number of hydrogen-bond acceptors (Lipinski definition) is 6. The van der Waals surface area contributed by atoms with Crippen molar-refractivity contribution in [3.8, 4) is 28.4 Å². The number of benzene rings is 4. The minimum atomic E-state index is -1.01. The Kier molecular flexibility index (Phi) is 10.2. The van der Waals surface area contributed by atoms with Crippen LogP contribution < -0.4 is 14.4 Å². The number of carboxylic acid groups (broad SMARTS) is 1. The average Bonchev–Trinajstić information content (AvgIpc) is 3.01. The molecule has 7 nitrogen and oxygen atoms in total. The Labute approximate surface area is 258 Å². The second-order valence-corrected chi connectivity index (χ2v) is 11.4. The molecule has 8 heteroatoms. The molecule has 1 fully saturated rings. The van der Waals surface area contributed by atoms with Gasteiger partial charge in [-0.3, -0.25) is 4.90 Å². The molecule has 5 rings (SSSR count). The largest absolute Gasteiger partial charge is 0.494 e. The second kappa shape index (κ2) is 14.4. The predicted octanol–water partition coefficient (Wildman–Crippen LogP) is 7.15. The van der Waals surface area contributed by atoms with Gasteiger partial charge >= 0.3 is 5.97 Å². The number of hydrogen-bond donors (Lipinski definition) is 1. The summed E-state index contributed by atoms with van der Waals surface area (Å²) in [7, 11) is 4.14. The molecular formula is C35H38ClN3O4. The lowest BCUT2D eigenvalue weighted by Gasteiger charge is -2.36. The quantitative estimate of drug-likeness (QED) is 0.173. The fourth-order valence-electron chi connectivity index (χ4n) is 5.26. The highest BCUT2D eigenvalue weighted by molar-refractivity contribution is 6.30. The molecule has 0 bridgehead atoms. The highest BCUT2D eigenvalue weighted by Crippen LogP contribution is 2.32. The van der Waals surface area contributed by atoms with E-state index in [0.717, 1.165) is 67.7 Å². The van der Waals surface area contributed by atoms with Crippen LogP contribution in [0.25, 0.3) is 11.1 Å². The molecule has 1 N–H and O–H groups in total. The van der Waals surface area contributed by atoms with Crippen LogP contribution in [0.15, 0.2) is 91.0 Å². The van der Waals surface area contributed by atoms with E-state index in [1.165, 1.54) is 11.1 Å². The number of piperazine rings is 1. The fraction of sp³-hybridized carbons (Fsp3) is 0.286. The van der Waals surface area contributed by atoms with Crippen molar-refractivity contribution in [2.45, 2.75) is 13.0 Å². The Morgan fingerprint density at radius 3 is 2.33 bits per heavy atom. The van der Waals surface area contributed by atoms with Crippen LogP contribution >= 0.6 is 11.6 Å². The Hall–Kier alpha value is -4.04. The molecule has 0 unspecified atom stereocenters. The van der Waals surface area contributed by atoms with Crippen molar-refractivity contribution in [1.82, 2.24) is 9.80 Å². The van der Waals surface area contributed by atoms with Crippen LogP contribution in [0.3, 0.4) is 0 Å². The maximum absolute atomic E-state index is 11.9. The molecule has 0 saturated carbocycles. The smallest absolute Gasteiger partial charge is 0.339 e. The summed E-state index contributed by atoms with van der Waals surface area (Å²) in [6.45, 7) is 5.81. The zero-order valence-corrected chi connectivity index (χ0v) is 25.5. The Balaban J connectivity index is 1.29. The van der Waals surface area contributed by atoms with Gasteiger partial charge in [-0.15, -0.1) is 0 Å². The van der Waals surface area contributed by atoms with Crippen molar-refractivity contribution < 1.29 is 19.4 Å². The van der Waals surface area contributed by atoms with Gasteiger partial charge in [-0.1, -0.05) is 48.0 Å². The van der Waals surface area contributed by atoms with Crippen LogP contribution in [-0.2, 0) is 6.54 Å². The number of nitrogens with zero attached hydrogens (tertiary/aromatic N) is 3. The van der Waals surface area contributed by atoms with E-state index in [1.54, 1.807) is 6.07 Å². The van der Waals surface area contributed by atoms with Crippen molar-refractivity contribution >= 4 is 23.3 Å². The average molecular weight is 600 g/mol. The van der Waals surface area contributed by atoms with Gasteiger partial charge in [0.25, 0.3) is 0 Å². The molecule has 1 aliphatic heterocycles. The third kappa shape index (κ3) is 8.29. The van der Waals surface area contributed by atoms with Crippen LogP contribution in [0.2, 0.25) is 5.02 Å². The Morgan fingerprint density at radius 1 is 0.884 bits per heavy atom. The maximum atomic E-state index is 11.9. The number of halogens is 1. The molecule has 224 valence electrons. The first kappa shape index (κ1) is 30.4. The van der Waals surface area contributed by atoms with Crippen LogP contribution in [0.1, 0.15) is 22.3 Å². The molecule has 4 aromatic rings. The highest BCUT2D eigenvalue weighted by Gasteiger charge is 2.21. The molecule has 1 heterocycles. The van der Waals surface area contributed by atoms with Crippen LogP contribution in [0.5, 0.6) is 17.2 Å². The summed E-state index contributed by atoms with van der Waals surface area (Å²) in [5, 5.41) is 10.4. The molecule has 1 aliphatic rings. The zero-order chi connectivity index (χ0) is 30.2. The summed E-state index contributed by atoms with van der Waals surface area (Å²) in [5.74, 6) is 0.818. The van der Waals surface area contributed by atoms with E-state index in [2.05, 4.69) is 59.1 Å². The third-order valence-corrected chi connectivity index (χ3v) is 7.80. The lowest BCUT2D eigenvalue weighted by atomic mass is 9.98. The molecule has 0 aromatic heterocycles. The Bertz CT molecular complexity index is 1500. The molecular weight excluding hydrogens is 562 g/mol. The van der Waals surface area contributed by atoms with Crippen molar-refractivity contribution in [1.29, 1.82) is 0 Å². The molecule has 0 radical (unpaired) electrons. The van der Waals surface area contributed by atoms with E-state index in [1.807, 2.05) is 54.6 Å². The molecule has 4 aromatic carbocycles. The number of ether oxygens (including phenoxy) is 2. The highest BCUT2D eigenvalue weighted by atomic mass is 35.5. The molecule has 0 amide bonds. The van der Waals surface area contributed by atoms with Crippen molar-refractivity contribution in [2.24, 2.45) is 0 Å². The zero-order valence-electron chi connectivity index (χ0n) is 24.7. The first-order valence-corrected chi connectivity index (χ1v) is 15.0. The summed E-state index contributed by atoms with van der Waals surface area (Å²) >= 11 is 6.18. The number of carbonyl (C=O) groups is 1. The number of aromatic carboxylic acids is 1. The summed E-state index contributed by atoms with van der Waals surface area (Å²) in [6, 6.07) is 28.9. The van der Waals surface area contributed by atoms with Crippen molar-refractivity contribution in [3.63, 3.8) is 0 Å². The summed E-state index contributed by atoms with van der Waals surface area (Å²) < 4.78 is 12.1. The minimum Gasteiger partial charge on any atom is -0.494 e. The van der Waals surface area contributed by atoms with Crippen LogP contribution in [0.4, 0.5) is 5.69 Å². The standard InChI is InChI=1S/C35H38ClN3O4/c1-37(2)17-6-22-42-31-14-16-32(26-9-11-28(36)12-10-26)27(23-31)25-38-18-20-39(21-19-38)29-13-15-33(35(40)41)34(24-29)43-30-7-4-3-5-8-30/h3-5,7-16,23-24H,6,17-22,25H2,1-2H3,(H,40,41). The van der Waals surface area contributed by atoms with Gasteiger partial charge in [0.1, 0.15) is 22.8 Å². The molecule has 1 saturated heterocycles. The lowest BCUT2D eigenvalue weighted by molar-refractivity contribution is 0.0694. The van der Waals surface area contributed by atoms with Crippen LogP contribution in [-0.4, -0.2) is 74.3 Å². The van der Waals surface area contributed by atoms with Gasteiger partial charge in [0.15, 0.2) is 0 Å². The first-order valence-electron chi connectivity index (χ1n) is 14.6. The maximum Gasteiger partial charge on any atom is 0.339 e. The molecule has 0 spiro atoms. The van der Waals surface area contributed by atoms with Gasteiger partial charge in [-0.25, -0.2) is 4.79 Å². The van der Waals surface area contributed by atoms with E-state index in [9.17, 15) is 9.90 Å². The van der Waals surface area contributed by atoms with E-state index in [4.69, 9.17) is 21.1 Å². The van der Waals surface area contributed by atoms with Gasteiger partial charge in [0.05, 0.1) is 6.61 Å². The topological polar surface area (TPSA) is 65.5 Å². The first-order chi connectivity index (χ1) is 20.9. The van der Waals surface area contributed by atoms with Gasteiger partial charge in [-0.2, -0.15) is 0 Å². The SMILES string of the molecule is CN(C)CCCOc1ccc(-c2ccc(Cl)cc2)c(CN2CCN(c3ccc(C(=O)O)c(Oc4ccccc4)c3)CC2)c1. The molecule has 0 atom stereocenters. The molecule has 43 heavy (non-hydrogen) atoms. The number of carboxylic acids is 1. The van der Waals surface area contributed by atoms with Crippen molar-refractivity contribution in [2.75, 3.05) is 58.3 Å². The molecule has 0 aliphatic carbocycles. The van der Waals surface area contributed by atoms with Gasteiger partial charge < -0.3 is 24.4 Å². The minimum absolute atomic E-state index is 0.143. The van der Waals surface area contributed by atoms with E-state index >= 15 is 0 Å². The van der Waals surface area contributed by atoms with Crippen LogP contribution in [0, 0.1) is 0 Å². The fourth-order valence-corrected chi connectivity index (χ4v) is 5.39. The summed E-state index contributed by atoms with van der Waals surface area (Å²) in [4.78, 5) is 18.8. The second-order valence-electron chi connectivity index (χ2n) is 11.0. The van der Waals surface area contributed by atoms with E-state index in [0.29, 0.717) is 18.1 Å². The monoisotopic (exact) mass is 599 g/mol. The van der Waals surface area contributed by atoms with E-state index < -0.39 is 5.97 Å². The number of anilines is 1. The van der Waals surface area contributed by atoms with Gasteiger partial charge in [-0.05, 0) is 85.7 Å². The third-order valence-electron chi connectivity index (χ3n) is 7.55. The van der Waals surface area contributed by atoms with E-state index in [-0.39, 0.29) is 5.56 Å². The van der Waals surface area contributed by atoms with Crippen molar-refractivity contribution in [3.05, 3.63) is 107 Å². The summed E-state index contributed by atoms with van der Waals surface area (Å²) in [6.07, 6.45) is 0.967. The number of para-hydroxylation sites is 1. The summed E-state index contributed by atoms with van der Waals surface area (Å²) in [5.41, 5.74) is 4.61. The van der Waals surface area contributed by atoms with Gasteiger partial charge in [0, 0.05) is 56.0 Å². The lowest BCUT2D eigenvalue weighted by Crippen LogP contribution is -2.46. The number of rotatable bonds is 12.